The third kappa shape index (κ3) is 4.85. The Bertz CT molecular complexity index is 1100. The Hall–Kier alpha value is -2.78. The molecular formula is C20H18Cl2N2O6. The van der Waals surface area contributed by atoms with E-state index in [1.807, 2.05) is 0 Å². The summed E-state index contributed by atoms with van der Waals surface area (Å²) in [5, 5.41) is 21.5. The molecule has 3 rings (SSSR count). The maximum Gasteiger partial charge on any atom is 0.316 e. The van der Waals surface area contributed by atoms with Gasteiger partial charge >= 0.3 is 6.03 Å². The molecule has 1 aromatic heterocycles. The van der Waals surface area contributed by atoms with Crippen molar-refractivity contribution in [2.45, 2.75) is 12.5 Å². The van der Waals surface area contributed by atoms with E-state index in [9.17, 15) is 14.7 Å². The number of benzene rings is 2. The summed E-state index contributed by atoms with van der Waals surface area (Å²) in [5.41, 5.74) is 5.72. The van der Waals surface area contributed by atoms with Gasteiger partial charge in [0.1, 0.15) is 17.0 Å². The predicted octanol–water partition coefficient (Wildman–Crippen LogP) is 3.58. The summed E-state index contributed by atoms with van der Waals surface area (Å²) in [6.07, 6.45) is -0.645. The number of hydrogen-bond acceptors (Lipinski definition) is 6. The Kier molecular flexibility index (Phi) is 6.84. The van der Waals surface area contributed by atoms with Crippen molar-refractivity contribution in [2.75, 3.05) is 18.5 Å². The smallest absolute Gasteiger partial charge is 0.316 e. The van der Waals surface area contributed by atoms with E-state index in [-0.39, 0.29) is 47.3 Å². The molecule has 0 saturated carbocycles. The minimum atomic E-state index is -0.879. The number of hydrogen-bond donors (Lipinski definition) is 4. The number of aliphatic hydroxyl groups is 2. The number of amides is 2. The Morgan fingerprint density at radius 1 is 1.20 bits per heavy atom. The lowest BCUT2D eigenvalue weighted by Crippen LogP contribution is -2.20. The molecule has 1 heterocycles. The van der Waals surface area contributed by atoms with Crippen molar-refractivity contribution in [1.29, 1.82) is 0 Å². The molecule has 158 valence electrons. The maximum atomic E-state index is 13.0. The van der Waals surface area contributed by atoms with Crippen molar-refractivity contribution in [3.63, 3.8) is 0 Å². The van der Waals surface area contributed by atoms with E-state index in [1.165, 1.54) is 18.2 Å². The van der Waals surface area contributed by atoms with Crippen molar-refractivity contribution in [3.8, 4) is 5.75 Å². The number of aliphatic hydroxyl groups excluding tert-OH is 2. The van der Waals surface area contributed by atoms with Gasteiger partial charge in [0.2, 0.25) is 5.78 Å². The van der Waals surface area contributed by atoms with Crippen LogP contribution in [0.5, 0.6) is 5.75 Å². The summed E-state index contributed by atoms with van der Waals surface area (Å²) >= 11 is 12.1. The fourth-order valence-corrected chi connectivity index (χ4v) is 3.15. The molecule has 5 N–H and O–H groups in total. The minimum Gasteiger partial charge on any atom is -0.493 e. The zero-order chi connectivity index (χ0) is 21.8. The number of urea groups is 1. The first-order valence-electron chi connectivity index (χ1n) is 8.84. The molecule has 10 heteroatoms. The molecule has 0 spiro atoms. The first kappa shape index (κ1) is 21.9. The van der Waals surface area contributed by atoms with Crippen LogP contribution in [0, 0.1) is 0 Å². The van der Waals surface area contributed by atoms with Crippen molar-refractivity contribution in [1.82, 2.24) is 0 Å². The van der Waals surface area contributed by atoms with E-state index >= 15 is 0 Å². The molecule has 0 aliphatic carbocycles. The molecule has 0 saturated heterocycles. The SMILES string of the molecule is NC(=O)Nc1c(C(=O)c2cc(Cl)ccc2Cl)oc2cc(OCCC(O)CO)ccc12. The Labute approximate surface area is 181 Å². The number of primary amides is 1. The summed E-state index contributed by atoms with van der Waals surface area (Å²) in [7, 11) is 0. The highest BCUT2D eigenvalue weighted by Crippen LogP contribution is 2.36. The van der Waals surface area contributed by atoms with Crippen molar-refractivity contribution in [3.05, 3.63) is 57.8 Å². The van der Waals surface area contributed by atoms with Gasteiger partial charge in [-0.2, -0.15) is 0 Å². The van der Waals surface area contributed by atoms with E-state index in [4.69, 9.17) is 43.2 Å². The van der Waals surface area contributed by atoms with Gasteiger partial charge in [0.05, 0.1) is 24.3 Å². The van der Waals surface area contributed by atoms with Gasteiger partial charge in [-0.25, -0.2) is 4.79 Å². The fourth-order valence-electron chi connectivity index (χ4n) is 2.77. The number of rotatable bonds is 8. The molecule has 2 amide bonds. The minimum absolute atomic E-state index is 0.0980. The largest absolute Gasteiger partial charge is 0.493 e. The molecule has 3 aromatic rings. The van der Waals surface area contributed by atoms with Gasteiger partial charge in [0.25, 0.3) is 0 Å². The highest BCUT2D eigenvalue weighted by atomic mass is 35.5. The lowest BCUT2D eigenvalue weighted by Gasteiger charge is -2.09. The summed E-state index contributed by atoms with van der Waals surface area (Å²) < 4.78 is 11.2. The Balaban J connectivity index is 1.99. The highest BCUT2D eigenvalue weighted by molar-refractivity contribution is 6.37. The van der Waals surface area contributed by atoms with Crippen LogP contribution < -0.4 is 15.8 Å². The van der Waals surface area contributed by atoms with E-state index < -0.39 is 17.9 Å². The summed E-state index contributed by atoms with van der Waals surface area (Å²) in [6.45, 7) is -0.204. The average Bonchev–Trinajstić information content (AvgIpc) is 3.06. The second kappa shape index (κ2) is 9.36. The zero-order valence-corrected chi connectivity index (χ0v) is 17.0. The zero-order valence-electron chi connectivity index (χ0n) is 15.5. The molecule has 30 heavy (non-hydrogen) atoms. The molecule has 0 fully saturated rings. The van der Waals surface area contributed by atoms with Crippen LogP contribution in [-0.2, 0) is 0 Å². The van der Waals surface area contributed by atoms with Gasteiger partial charge in [-0.3, -0.25) is 4.79 Å². The van der Waals surface area contributed by atoms with Crippen LogP contribution in [0.2, 0.25) is 10.0 Å². The second-order valence-electron chi connectivity index (χ2n) is 6.38. The summed E-state index contributed by atoms with van der Waals surface area (Å²) in [4.78, 5) is 24.5. The number of fused-ring (bicyclic) bond motifs is 1. The van der Waals surface area contributed by atoms with Crippen molar-refractivity contribution >= 4 is 51.7 Å². The third-order valence-electron chi connectivity index (χ3n) is 4.22. The highest BCUT2D eigenvalue weighted by Gasteiger charge is 2.25. The number of carbonyl (C=O) groups is 2. The standard InChI is InChI=1S/C20H18Cl2N2O6/c21-10-1-4-15(22)14(7-10)18(27)19-17(24-20(23)28)13-3-2-12(8-16(13)30-19)29-6-5-11(26)9-25/h1-4,7-8,11,25-26H,5-6,9H2,(H3,23,24,28). The second-order valence-corrected chi connectivity index (χ2v) is 7.22. The van der Waals surface area contributed by atoms with Gasteiger partial charge in [0.15, 0.2) is 5.76 Å². The summed E-state index contributed by atoms with van der Waals surface area (Å²) in [6, 6.07) is 8.28. The number of ketones is 1. The first-order chi connectivity index (χ1) is 14.3. The lowest BCUT2D eigenvalue weighted by atomic mass is 10.1. The topological polar surface area (TPSA) is 135 Å². The van der Waals surface area contributed by atoms with Crippen LogP contribution in [0.15, 0.2) is 40.8 Å². The number of furan rings is 1. The van der Waals surface area contributed by atoms with Crippen molar-refractivity contribution in [2.24, 2.45) is 5.73 Å². The van der Waals surface area contributed by atoms with Crippen LogP contribution in [0.3, 0.4) is 0 Å². The van der Waals surface area contributed by atoms with Crippen LogP contribution in [0.25, 0.3) is 11.0 Å². The number of carbonyl (C=O) groups excluding carboxylic acids is 2. The van der Waals surface area contributed by atoms with E-state index in [0.717, 1.165) is 0 Å². The van der Waals surface area contributed by atoms with E-state index in [0.29, 0.717) is 16.2 Å². The van der Waals surface area contributed by atoms with Crippen LogP contribution in [0.1, 0.15) is 22.5 Å². The Morgan fingerprint density at radius 2 is 1.97 bits per heavy atom. The molecule has 1 unspecified atom stereocenters. The van der Waals surface area contributed by atoms with Gasteiger partial charge in [-0.1, -0.05) is 23.2 Å². The molecule has 2 aromatic carbocycles. The van der Waals surface area contributed by atoms with Gasteiger partial charge < -0.3 is 30.4 Å². The molecule has 0 aliphatic heterocycles. The lowest BCUT2D eigenvalue weighted by molar-refractivity contribution is 0.0754. The molecule has 8 nitrogen and oxygen atoms in total. The van der Waals surface area contributed by atoms with Crippen LogP contribution in [0.4, 0.5) is 10.5 Å². The van der Waals surface area contributed by atoms with Gasteiger partial charge in [0, 0.05) is 28.5 Å². The van der Waals surface area contributed by atoms with E-state index in [1.54, 1.807) is 18.2 Å². The monoisotopic (exact) mass is 452 g/mol. The van der Waals surface area contributed by atoms with Crippen LogP contribution in [-0.4, -0.2) is 41.3 Å². The number of halogens is 2. The number of anilines is 1. The third-order valence-corrected chi connectivity index (χ3v) is 4.78. The number of nitrogens with two attached hydrogens (primary N) is 1. The number of ether oxygens (including phenoxy) is 1. The predicted molar refractivity (Wildman–Crippen MR) is 113 cm³/mol. The van der Waals surface area contributed by atoms with Crippen LogP contribution >= 0.6 is 23.2 Å². The van der Waals surface area contributed by atoms with Crippen molar-refractivity contribution < 1.29 is 29.0 Å². The molecule has 0 bridgehead atoms. The fraction of sp³-hybridized carbons (Fsp3) is 0.200. The Morgan fingerprint density at radius 3 is 2.67 bits per heavy atom. The molecule has 0 aliphatic rings. The summed E-state index contributed by atoms with van der Waals surface area (Å²) in [5.74, 6) is -0.344. The first-order valence-corrected chi connectivity index (χ1v) is 9.60. The average molecular weight is 453 g/mol. The number of nitrogens with one attached hydrogen (secondary N) is 1. The quantitative estimate of drug-likeness (QED) is 0.385. The van der Waals surface area contributed by atoms with E-state index in [2.05, 4.69) is 5.32 Å². The maximum absolute atomic E-state index is 13.0. The molecular weight excluding hydrogens is 435 g/mol. The molecule has 0 radical (unpaired) electrons. The normalized spacial score (nSPS) is 12.0. The van der Waals surface area contributed by atoms with Gasteiger partial charge in [-0.15, -0.1) is 0 Å². The molecule has 1 atom stereocenters. The van der Waals surface area contributed by atoms with Gasteiger partial charge in [-0.05, 0) is 30.3 Å².